The fraction of sp³-hybridized carbons (Fsp3) is 0.500. The van der Waals surface area contributed by atoms with E-state index in [1.54, 1.807) is 13.0 Å². The van der Waals surface area contributed by atoms with Crippen LogP contribution >= 0.6 is 15.9 Å². The van der Waals surface area contributed by atoms with Gasteiger partial charge < -0.3 is 5.73 Å². The molecule has 0 atom stereocenters. The second-order valence-electron chi connectivity index (χ2n) is 4.59. The van der Waals surface area contributed by atoms with E-state index in [-0.39, 0.29) is 24.3 Å². The third-order valence-electron chi connectivity index (χ3n) is 2.83. The molecule has 0 spiro atoms. The fourth-order valence-corrected chi connectivity index (χ4v) is 3.69. The van der Waals surface area contributed by atoms with Gasteiger partial charge >= 0.3 is 6.18 Å². The van der Waals surface area contributed by atoms with Crippen LogP contribution < -0.4 is 10.5 Å². The molecule has 1 aromatic carbocycles. The summed E-state index contributed by atoms with van der Waals surface area (Å²) in [6, 6.07) is 2.99. The summed E-state index contributed by atoms with van der Waals surface area (Å²) in [5.41, 5.74) is 6.42. The Balaban J connectivity index is 2.67. The van der Waals surface area contributed by atoms with Crippen molar-refractivity contribution in [1.29, 1.82) is 0 Å². The number of anilines is 1. The highest BCUT2D eigenvalue weighted by molar-refractivity contribution is 9.10. The normalized spacial score (nSPS) is 12.6. The summed E-state index contributed by atoms with van der Waals surface area (Å²) in [5, 5.41) is 0. The molecule has 1 aromatic rings. The summed E-state index contributed by atoms with van der Waals surface area (Å²) in [6.45, 7) is 1.52. The van der Waals surface area contributed by atoms with Crippen molar-refractivity contribution in [3.8, 4) is 0 Å². The lowest BCUT2D eigenvalue weighted by Gasteiger charge is -2.12. The quantitative estimate of drug-likeness (QED) is 0.579. The predicted molar refractivity (Wildman–Crippen MR) is 78.4 cm³/mol. The highest BCUT2D eigenvalue weighted by Gasteiger charge is 2.26. The van der Waals surface area contributed by atoms with Crippen LogP contribution in [0.4, 0.5) is 18.9 Å². The molecule has 1 rings (SSSR count). The number of hydrogen-bond donors (Lipinski definition) is 2. The first-order valence-corrected chi connectivity index (χ1v) is 8.42. The molecule has 0 fully saturated rings. The molecule has 0 aliphatic carbocycles. The first kappa shape index (κ1) is 18.2. The van der Waals surface area contributed by atoms with Gasteiger partial charge in [0.2, 0.25) is 10.0 Å². The van der Waals surface area contributed by atoms with Crippen molar-refractivity contribution < 1.29 is 21.6 Å². The minimum Gasteiger partial charge on any atom is -0.398 e. The molecule has 9 heteroatoms. The molecule has 3 N–H and O–H groups in total. The maximum atomic E-state index is 12.1. The molecule has 4 nitrogen and oxygen atoms in total. The Bertz CT molecular complexity index is 603. The average Bonchev–Trinajstić information content (AvgIpc) is 2.31. The zero-order chi connectivity index (χ0) is 16.3. The van der Waals surface area contributed by atoms with Crippen LogP contribution in [-0.4, -0.2) is 21.1 Å². The van der Waals surface area contributed by atoms with E-state index in [9.17, 15) is 21.6 Å². The van der Waals surface area contributed by atoms with Gasteiger partial charge in [0.05, 0.1) is 4.90 Å². The summed E-state index contributed by atoms with van der Waals surface area (Å²) < 4.78 is 62.9. The lowest BCUT2D eigenvalue weighted by molar-refractivity contribution is -0.135. The van der Waals surface area contributed by atoms with Crippen molar-refractivity contribution in [2.24, 2.45) is 0 Å². The van der Waals surface area contributed by atoms with Gasteiger partial charge in [0.25, 0.3) is 0 Å². The van der Waals surface area contributed by atoms with Crippen LogP contribution in [0.3, 0.4) is 0 Å². The molecule has 0 aromatic heterocycles. The number of sulfonamides is 1. The van der Waals surface area contributed by atoms with E-state index in [0.29, 0.717) is 15.7 Å². The monoisotopic (exact) mass is 388 g/mol. The van der Waals surface area contributed by atoms with E-state index >= 15 is 0 Å². The molecule has 0 aliphatic rings. The van der Waals surface area contributed by atoms with Crippen LogP contribution in [0.2, 0.25) is 0 Å². The molecular formula is C12H16BrF3N2O2S. The zero-order valence-corrected chi connectivity index (χ0v) is 13.7. The lowest BCUT2D eigenvalue weighted by atomic mass is 10.2. The van der Waals surface area contributed by atoms with Crippen LogP contribution in [0, 0.1) is 6.92 Å². The van der Waals surface area contributed by atoms with Crippen molar-refractivity contribution in [3.05, 3.63) is 22.2 Å². The molecule has 0 unspecified atom stereocenters. The van der Waals surface area contributed by atoms with Crippen molar-refractivity contribution in [3.63, 3.8) is 0 Å². The van der Waals surface area contributed by atoms with Gasteiger partial charge in [-0.2, -0.15) is 13.2 Å². The number of halogens is 4. The van der Waals surface area contributed by atoms with E-state index in [2.05, 4.69) is 20.7 Å². The second kappa shape index (κ2) is 6.97. The summed E-state index contributed by atoms with van der Waals surface area (Å²) in [6.07, 6.45) is -5.14. The number of benzene rings is 1. The Hall–Kier alpha value is -0.800. The van der Waals surface area contributed by atoms with Crippen molar-refractivity contribution in [2.45, 2.75) is 37.3 Å². The largest absolute Gasteiger partial charge is 0.398 e. The molecule has 0 amide bonds. The summed E-state index contributed by atoms with van der Waals surface area (Å²) >= 11 is 3.16. The highest BCUT2D eigenvalue weighted by atomic mass is 79.9. The second-order valence-corrected chi connectivity index (χ2v) is 7.24. The van der Waals surface area contributed by atoms with E-state index < -0.39 is 22.6 Å². The SMILES string of the molecule is Cc1c(N)cc(Br)cc1S(=O)(=O)NCCCCC(F)(F)F. The smallest absolute Gasteiger partial charge is 0.389 e. The third kappa shape index (κ3) is 5.84. The van der Waals surface area contributed by atoms with Crippen LogP contribution in [0.1, 0.15) is 24.8 Å². The van der Waals surface area contributed by atoms with Crippen molar-refractivity contribution in [1.82, 2.24) is 4.72 Å². The molecule has 0 bridgehead atoms. The number of hydrogen-bond acceptors (Lipinski definition) is 3. The van der Waals surface area contributed by atoms with Gasteiger partial charge in [-0.1, -0.05) is 15.9 Å². The zero-order valence-electron chi connectivity index (χ0n) is 11.3. The van der Waals surface area contributed by atoms with E-state index in [1.165, 1.54) is 6.07 Å². The summed E-state index contributed by atoms with van der Waals surface area (Å²) in [5.74, 6) is 0. The minimum absolute atomic E-state index is 0.0187. The van der Waals surface area contributed by atoms with Crippen molar-refractivity contribution in [2.75, 3.05) is 12.3 Å². The van der Waals surface area contributed by atoms with E-state index in [4.69, 9.17) is 5.73 Å². The summed E-state index contributed by atoms with van der Waals surface area (Å²) in [4.78, 5) is 0.0187. The topological polar surface area (TPSA) is 72.2 Å². The molecule has 0 aliphatic heterocycles. The standard InChI is InChI=1S/C12H16BrF3N2O2S/c1-8-10(17)6-9(13)7-11(8)21(19,20)18-5-3-2-4-12(14,15)16/h6-7,18H,2-5,17H2,1H3. The molecule has 0 saturated carbocycles. The summed E-state index contributed by atoms with van der Waals surface area (Å²) in [7, 11) is -3.79. The van der Waals surface area contributed by atoms with Gasteiger partial charge in [0, 0.05) is 23.1 Å². The number of rotatable bonds is 6. The Kier molecular flexibility index (Phi) is 6.06. The molecule has 0 heterocycles. The number of unbranched alkanes of at least 4 members (excludes halogenated alkanes) is 1. The van der Waals surface area contributed by atoms with Gasteiger partial charge in [0.15, 0.2) is 0 Å². The maximum Gasteiger partial charge on any atom is 0.389 e. The van der Waals surface area contributed by atoms with Gasteiger partial charge in [-0.25, -0.2) is 13.1 Å². The Labute approximate surface area is 130 Å². The van der Waals surface area contributed by atoms with E-state index in [0.717, 1.165) is 0 Å². The van der Waals surface area contributed by atoms with Crippen LogP contribution in [0.25, 0.3) is 0 Å². The Morgan fingerprint density at radius 1 is 1.29 bits per heavy atom. The van der Waals surface area contributed by atoms with Crippen LogP contribution in [-0.2, 0) is 10.0 Å². The number of nitrogen functional groups attached to an aromatic ring is 1. The average molecular weight is 389 g/mol. The van der Waals surface area contributed by atoms with Gasteiger partial charge in [-0.05, 0) is 37.5 Å². The van der Waals surface area contributed by atoms with Gasteiger partial charge in [-0.3, -0.25) is 0 Å². The molecule has 0 radical (unpaired) electrons. The van der Waals surface area contributed by atoms with Crippen LogP contribution in [0.5, 0.6) is 0 Å². The maximum absolute atomic E-state index is 12.1. The van der Waals surface area contributed by atoms with Gasteiger partial charge in [0.1, 0.15) is 0 Å². The Morgan fingerprint density at radius 3 is 2.48 bits per heavy atom. The molecule has 21 heavy (non-hydrogen) atoms. The molecule has 0 saturated heterocycles. The van der Waals surface area contributed by atoms with Crippen LogP contribution in [0.15, 0.2) is 21.5 Å². The number of nitrogens with one attached hydrogen (secondary N) is 1. The van der Waals surface area contributed by atoms with E-state index in [1.807, 2.05) is 0 Å². The number of nitrogens with two attached hydrogens (primary N) is 1. The lowest BCUT2D eigenvalue weighted by Crippen LogP contribution is -2.26. The molecule has 120 valence electrons. The first-order valence-electron chi connectivity index (χ1n) is 6.15. The third-order valence-corrected chi connectivity index (χ3v) is 4.88. The van der Waals surface area contributed by atoms with Gasteiger partial charge in [-0.15, -0.1) is 0 Å². The Morgan fingerprint density at radius 2 is 1.90 bits per heavy atom. The first-order chi connectivity index (χ1) is 9.53. The number of alkyl halides is 3. The fourth-order valence-electron chi connectivity index (χ4n) is 1.69. The predicted octanol–water partition coefficient (Wildman–Crippen LogP) is 3.35. The van der Waals surface area contributed by atoms with Crippen molar-refractivity contribution >= 4 is 31.6 Å². The highest BCUT2D eigenvalue weighted by Crippen LogP contribution is 2.26. The minimum atomic E-state index is -4.21. The molecular weight excluding hydrogens is 373 g/mol.